The van der Waals surface area contributed by atoms with Crippen molar-refractivity contribution in [2.45, 2.75) is 13.0 Å². The smallest absolute Gasteiger partial charge is 0.149 e. The van der Waals surface area contributed by atoms with Crippen molar-refractivity contribution in [1.82, 2.24) is 9.97 Å². The van der Waals surface area contributed by atoms with E-state index in [0.717, 1.165) is 5.56 Å². The van der Waals surface area contributed by atoms with Crippen LogP contribution >= 0.6 is 0 Å². The van der Waals surface area contributed by atoms with E-state index in [0.29, 0.717) is 17.1 Å². The Morgan fingerprint density at radius 1 is 1.28 bits per heavy atom. The molecule has 0 fully saturated rings. The molecule has 5 heteroatoms. The number of hydrogen-bond acceptors (Lipinski definition) is 4. The molecule has 1 aromatic carbocycles. The predicted octanol–water partition coefficient (Wildman–Crippen LogP) is 1.98. The van der Waals surface area contributed by atoms with Gasteiger partial charge in [0.1, 0.15) is 17.4 Å². The summed E-state index contributed by atoms with van der Waals surface area (Å²) in [5.74, 6) is 0.420. The number of aryl methyl sites for hydroxylation is 1. The van der Waals surface area contributed by atoms with Gasteiger partial charge in [-0.1, -0.05) is 6.07 Å². The van der Waals surface area contributed by atoms with Crippen LogP contribution in [-0.2, 0) is 0 Å². The third kappa shape index (κ3) is 2.46. The Morgan fingerprint density at radius 3 is 2.50 bits per heavy atom. The molecule has 2 aromatic rings. The number of aromatic nitrogens is 2. The fourth-order valence-corrected chi connectivity index (χ4v) is 1.59. The van der Waals surface area contributed by atoms with Gasteiger partial charge in [-0.05, 0) is 18.6 Å². The fourth-order valence-electron chi connectivity index (χ4n) is 1.59. The van der Waals surface area contributed by atoms with Crippen LogP contribution in [-0.4, -0.2) is 17.1 Å². The molecule has 0 saturated carbocycles. The van der Waals surface area contributed by atoms with Gasteiger partial charge in [-0.2, -0.15) is 0 Å². The van der Waals surface area contributed by atoms with Crippen LogP contribution in [0, 0.1) is 12.7 Å². The standard InChI is InChI=1S/C13H14FN3O/c1-8-6-16-13(17-7-8)12(15)10-4-3-9(18-2)5-11(10)14/h3-7,12H,15H2,1-2H3. The Balaban J connectivity index is 2.33. The minimum Gasteiger partial charge on any atom is -0.497 e. The molecule has 0 amide bonds. The lowest BCUT2D eigenvalue weighted by Crippen LogP contribution is -2.16. The normalized spacial score (nSPS) is 12.2. The largest absolute Gasteiger partial charge is 0.497 e. The van der Waals surface area contributed by atoms with Crippen LogP contribution < -0.4 is 10.5 Å². The van der Waals surface area contributed by atoms with Crippen molar-refractivity contribution in [3.63, 3.8) is 0 Å². The minimum atomic E-state index is -0.684. The SMILES string of the molecule is COc1ccc(C(N)c2ncc(C)cn2)c(F)c1. The maximum Gasteiger partial charge on any atom is 0.149 e. The first kappa shape index (κ1) is 12.4. The second-order valence-corrected chi connectivity index (χ2v) is 3.98. The quantitative estimate of drug-likeness (QED) is 0.900. The molecule has 2 N–H and O–H groups in total. The number of benzene rings is 1. The summed E-state index contributed by atoms with van der Waals surface area (Å²) >= 11 is 0. The van der Waals surface area contributed by atoms with Crippen LogP contribution in [0.15, 0.2) is 30.6 Å². The third-order valence-corrected chi connectivity index (χ3v) is 2.62. The lowest BCUT2D eigenvalue weighted by molar-refractivity contribution is 0.410. The van der Waals surface area contributed by atoms with Crippen molar-refractivity contribution in [1.29, 1.82) is 0 Å². The van der Waals surface area contributed by atoms with Gasteiger partial charge in [0.2, 0.25) is 0 Å². The number of rotatable bonds is 3. The molecule has 1 aromatic heterocycles. The Hall–Kier alpha value is -2.01. The molecule has 2 rings (SSSR count). The van der Waals surface area contributed by atoms with Crippen LogP contribution in [0.4, 0.5) is 4.39 Å². The lowest BCUT2D eigenvalue weighted by atomic mass is 10.1. The molecule has 0 saturated heterocycles. The first-order valence-electron chi connectivity index (χ1n) is 5.49. The molecule has 0 aliphatic heterocycles. The molecule has 94 valence electrons. The van der Waals surface area contributed by atoms with Crippen LogP contribution in [0.2, 0.25) is 0 Å². The van der Waals surface area contributed by atoms with Crippen molar-refractivity contribution >= 4 is 0 Å². The van der Waals surface area contributed by atoms with Gasteiger partial charge < -0.3 is 10.5 Å². The summed E-state index contributed by atoms with van der Waals surface area (Å²) in [6, 6.07) is 3.86. The summed E-state index contributed by atoms with van der Waals surface area (Å²) in [5, 5.41) is 0. The van der Waals surface area contributed by atoms with Gasteiger partial charge >= 0.3 is 0 Å². The van der Waals surface area contributed by atoms with Gasteiger partial charge in [0, 0.05) is 24.0 Å². The van der Waals surface area contributed by atoms with E-state index in [1.54, 1.807) is 24.5 Å². The number of hydrogen-bond donors (Lipinski definition) is 1. The lowest BCUT2D eigenvalue weighted by Gasteiger charge is -2.12. The molecule has 1 heterocycles. The number of nitrogens with zero attached hydrogens (tertiary/aromatic N) is 2. The molecule has 1 atom stereocenters. The van der Waals surface area contributed by atoms with Crippen molar-refractivity contribution in [3.8, 4) is 5.75 Å². The average Bonchev–Trinajstić information content (AvgIpc) is 2.38. The van der Waals surface area contributed by atoms with Gasteiger partial charge in [0.15, 0.2) is 0 Å². The van der Waals surface area contributed by atoms with E-state index >= 15 is 0 Å². The van der Waals surface area contributed by atoms with E-state index in [9.17, 15) is 4.39 Å². The van der Waals surface area contributed by atoms with E-state index in [1.165, 1.54) is 13.2 Å². The van der Waals surface area contributed by atoms with E-state index in [4.69, 9.17) is 10.5 Å². The van der Waals surface area contributed by atoms with Crippen molar-refractivity contribution in [2.24, 2.45) is 5.73 Å². The summed E-state index contributed by atoms with van der Waals surface area (Å²) in [6.07, 6.45) is 3.31. The minimum absolute atomic E-state index is 0.347. The number of halogens is 1. The molecule has 0 bridgehead atoms. The Bertz CT molecular complexity index is 542. The molecule has 0 spiro atoms. The highest BCUT2D eigenvalue weighted by Gasteiger charge is 2.16. The molecule has 0 aliphatic rings. The third-order valence-electron chi connectivity index (χ3n) is 2.62. The predicted molar refractivity (Wildman–Crippen MR) is 65.8 cm³/mol. The van der Waals surface area contributed by atoms with E-state index in [1.807, 2.05) is 6.92 Å². The Kier molecular flexibility index (Phi) is 3.53. The molecule has 0 radical (unpaired) electrons. The Morgan fingerprint density at radius 2 is 1.94 bits per heavy atom. The Labute approximate surface area is 105 Å². The molecule has 18 heavy (non-hydrogen) atoms. The van der Waals surface area contributed by atoms with Crippen LogP contribution in [0.5, 0.6) is 5.75 Å². The van der Waals surface area contributed by atoms with Gasteiger partial charge in [0.05, 0.1) is 13.2 Å². The van der Waals surface area contributed by atoms with Crippen molar-refractivity contribution in [2.75, 3.05) is 7.11 Å². The zero-order valence-corrected chi connectivity index (χ0v) is 10.2. The van der Waals surface area contributed by atoms with E-state index < -0.39 is 11.9 Å². The molecular weight excluding hydrogens is 233 g/mol. The number of methoxy groups -OCH3 is 1. The maximum atomic E-state index is 13.8. The van der Waals surface area contributed by atoms with Gasteiger partial charge in [-0.15, -0.1) is 0 Å². The summed E-state index contributed by atoms with van der Waals surface area (Å²) < 4.78 is 18.8. The summed E-state index contributed by atoms with van der Waals surface area (Å²) in [7, 11) is 1.48. The topological polar surface area (TPSA) is 61.0 Å². The summed E-state index contributed by atoms with van der Waals surface area (Å²) in [4.78, 5) is 8.21. The number of nitrogens with two attached hydrogens (primary N) is 1. The van der Waals surface area contributed by atoms with Crippen LogP contribution in [0.1, 0.15) is 23.0 Å². The van der Waals surface area contributed by atoms with Crippen LogP contribution in [0.3, 0.4) is 0 Å². The second-order valence-electron chi connectivity index (χ2n) is 3.98. The summed E-state index contributed by atoms with van der Waals surface area (Å²) in [6.45, 7) is 1.88. The average molecular weight is 247 g/mol. The molecule has 4 nitrogen and oxygen atoms in total. The number of ether oxygens (including phenoxy) is 1. The van der Waals surface area contributed by atoms with Gasteiger partial charge in [-0.25, -0.2) is 14.4 Å². The van der Waals surface area contributed by atoms with Crippen LogP contribution in [0.25, 0.3) is 0 Å². The molecular formula is C13H14FN3O. The highest BCUT2D eigenvalue weighted by Crippen LogP contribution is 2.23. The zero-order valence-electron chi connectivity index (χ0n) is 10.2. The van der Waals surface area contributed by atoms with Gasteiger partial charge in [0.25, 0.3) is 0 Å². The van der Waals surface area contributed by atoms with E-state index in [-0.39, 0.29) is 0 Å². The zero-order chi connectivity index (χ0) is 13.1. The fraction of sp³-hybridized carbons (Fsp3) is 0.231. The second kappa shape index (κ2) is 5.10. The summed E-state index contributed by atoms with van der Waals surface area (Å²) in [5.41, 5.74) is 7.23. The van der Waals surface area contributed by atoms with Crippen molar-refractivity contribution < 1.29 is 9.13 Å². The monoisotopic (exact) mass is 247 g/mol. The molecule has 0 aliphatic carbocycles. The van der Waals surface area contributed by atoms with Gasteiger partial charge in [-0.3, -0.25) is 0 Å². The maximum absolute atomic E-state index is 13.8. The highest BCUT2D eigenvalue weighted by atomic mass is 19.1. The van der Waals surface area contributed by atoms with E-state index in [2.05, 4.69) is 9.97 Å². The highest BCUT2D eigenvalue weighted by molar-refractivity contribution is 5.33. The molecule has 1 unspecified atom stereocenters. The first-order chi connectivity index (χ1) is 8.61. The van der Waals surface area contributed by atoms with Crippen molar-refractivity contribution in [3.05, 3.63) is 53.4 Å². The first-order valence-corrected chi connectivity index (χ1v) is 5.49.